The average Bonchev–Trinajstić information content (AvgIpc) is 3.36. The molecule has 27 heavy (non-hydrogen) atoms. The molecule has 2 N–H and O–H groups in total. The number of amides is 1. The number of halogens is 1. The molecule has 8 heteroatoms. The molecule has 4 rings (SSSR count). The molecule has 0 atom stereocenters. The van der Waals surface area contributed by atoms with Crippen LogP contribution in [-0.4, -0.2) is 38.6 Å². The van der Waals surface area contributed by atoms with Crippen molar-refractivity contribution in [3.8, 4) is 0 Å². The molecule has 0 radical (unpaired) electrons. The monoisotopic (exact) mass is 386 g/mol. The van der Waals surface area contributed by atoms with Gasteiger partial charge in [0.15, 0.2) is 0 Å². The molecule has 1 amide bonds. The van der Waals surface area contributed by atoms with Crippen LogP contribution in [0.1, 0.15) is 18.4 Å². The van der Waals surface area contributed by atoms with E-state index in [-0.39, 0.29) is 18.3 Å². The van der Waals surface area contributed by atoms with E-state index in [1.807, 2.05) is 41.3 Å². The molecule has 1 aliphatic rings. The molecule has 2 aromatic heterocycles. The van der Waals surface area contributed by atoms with Gasteiger partial charge in [-0.25, -0.2) is 0 Å². The first-order valence-electron chi connectivity index (χ1n) is 8.85. The van der Waals surface area contributed by atoms with Crippen molar-refractivity contribution >= 4 is 24.0 Å². The second-order valence-corrected chi connectivity index (χ2v) is 6.60. The zero-order valence-electron chi connectivity index (χ0n) is 14.9. The fourth-order valence-electron chi connectivity index (χ4n) is 3.46. The number of piperidine rings is 1. The van der Waals surface area contributed by atoms with E-state index in [1.54, 1.807) is 17.1 Å². The second kappa shape index (κ2) is 8.37. The zero-order chi connectivity index (χ0) is 17.8. The number of nitrogens with zero attached hydrogens (tertiary/aromatic N) is 4. The lowest BCUT2D eigenvalue weighted by Crippen LogP contribution is -2.52. The molecule has 3 heterocycles. The molecule has 0 bridgehead atoms. The molecule has 0 spiro atoms. The number of anilines is 1. The fourth-order valence-corrected chi connectivity index (χ4v) is 3.46. The summed E-state index contributed by atoms with van der Waals surface area (Å²) in [5, 5.41) is 15.1. The first kappa shape index (κ1) is 19.1. The number of nitrogens with one attached hydrogen (secondary N) is 2. The minimum Gasteiger partial charge on any atom is -0.321 e. The predicted octanol–water partition coefficient (Wildman–Crippen LogP) is 2.27. The molecule has 1 saturated heterocycles. The molecule has 1 fully saturated rings. The van der Waals surface area contributed by atoms with Gasteiger partial charge in [0.1, 0.15) is 5.54 Å². The molecule has 1 aliphatic heterocycles. The standard InChI is InChI=1S/C19H22N6O.ClH/c26-18(19(7-10-20-11-8-19)25-12-4-9-21-25)23-17-13-22-24(15-17)14-16-5-2-1-3-6-16;/h1-6,9,12-13,15,20H,7-8,10-11,14H2,(H,23,26);1H. The predicted molar refractivity (Wildman–Crippen MR) is 106 cm³/mol. The Labute approximate surface area is 164 Å². The van der Waals surface area contributed by atoms with Crippen molar-refractivity contribution in [2.45, 2.75) is 24.9 Å². The van der Waals surface area contributed by atoms with Crippen molar-refractivity contribution in [3.63, 3.8) is 0 Å². The number of aromatic nitrogens is 4. The summed E-state index contributed by atoms with van der Waals surface area (Å²) in [6, 6.07) is 12.0. The first-order valence-corrected chi connectivity index (χ1v) is 8.85. The van der Waals surface area contributed by atoms with Gasteiger partial charge in [-0.2, -0.15) is 10.2 Å². The van der Waals surface area contributed by atoms with E-state index >= 15 is 0 Å². The van der Waals surface area contributed by atoms with Gasteiger partial charge in [-0.05, 0) is 37.6 Å². The van der Waals surface area contributed by atoms with Crippen LogP contribution in [0.25, 0.3) is 0 Å². The van der Waals surface area contributed by atoms with Crippen LogP contribution in [0.2, 0.25) is 0 Å². The van der Waals surface area contributed by atoms with Crippen molar-refractivity contribution < 1.29 is 4.79 Å². The van der Waals surface area contributed by atoms with Gasteiger partial charge in [0.2, 0.25) is 0 Å². The lowest BCUT2D eigenvalue weighted by Gasteiger charge is -2.36. The van der Waals surface area contributed by atoms with E-state index in [1.165, 1.54) is 5.56 Å². The van der Waals surface area contributed by atoms with E-state index in [4.69, 9.17) is 0 Å². The highest BCUT2D eigenvalue weighted by atomic mass is 35.5. The van der Waals surface area contributed by atoms with E-state index in [0.29, 0.717) is 25.1 Å². The zero-order valence-corrected chi connectivity index (χ0v) is 15.7. The summed E-state index contributed by atoms with van der Waals surface area (Å²) in [5.41, 5.74) is 1.21. The first-order chi connectivity index (χ1) is 12.8. The number of hydrogen-bond acceptors (Lipinski definition) is 4. The Kier molecular flexibility index (Phi) is 5.93. The van der Waals surface area contributed by atoms with Crippen molar-refractivity contribution in [2.75, 3.05) is 18.4 Å². The molecule has 0 aliphatic carbocycles. The third-order valence-corrected chi connectivity index (χ3v) is 4.87. The Balaban J connectivity index is 0.00000210. The second-order valence-electron chi connectivity index (χ2n) is 6.60. The third kappa shape index (κ3) is 4.04. The molecule has 1 aromatic carbocycles. The number of carbonyl (C=O) groups is 1. The summed E-state index contributed by atoms with van der Waals surface area (Å²) in [5.74, 6) is -0.0399. The van der Waals surface area contributed by atoms with Crippen LogP contribution >= 0.6 is 12.4 Å². The summed E-state index contributed by atoms with van der Waals surface area (Å²) >= 11 is 0. The largest absolute Gasteiger partial charge is 0.321 e. The topological polar surface area (TPSA) is 76.8 Å². The lowest BCUT2D eigenvalue weighted by atomic mass is 9.87. The van der Waals surface area contributed by atoms with Gasteiger partial charge in [-0.3, -0.25) is 14.2 Å². The molecular weight excluding hydrogens is 364 g/mol. The maximum atomic E-state index is 13.1. The van der Waals surface area contributed by atoms with Crippen LogP contribution in [0.3, 0.4) is 0 Å². The third-order valence-electron chi connectivity index (χ3n) is 4.87. The number of benzene rings is 1. The average molecular weight is 387 g/mol. The number of rotatable bonds is 5. The summed E-state index contributed by atoms with van der Waals surface area (Å²) in [6.07, 6.45) is 8.55. The van der Waals surface area contributed by atoms with E-state index in [0.717, 1.165) is 13.1 Å². The minimum absolute atomic E-state index is 0. The SMILES string of the molecule is Cl.O=C(Nc1cnn(Cc2ccccc2)c1)C1(n2cccn2)CCNCC1. The number of carbonyl (C=O) groups excluding carboxylic acids is 1. The van der Waals surface area contributed by atoms with Crippen molar-refractivity contribution in [2.24, 2.45) is 0 Å². The van der Waals surface area contributed by atoms with Gasteiger partial charge in [-0.15, -0.1) is 12.4 Å². The normalized spacial score (nSPS) is 15.7. The van der Waals surface area contributed by atoms with Crippen LogP contribution in [0.4, 0.5) is 5.69 Å². The highest BCUT2D eigenvalue weighted by Gasteiger charge is 2.42. The summed E-state index contributed by atoms with van der Waals surface area (Å²) in [6.45, 7) is 2.26. The Bertz CT molecular complexity index is 855. The summed E-state index contributed by atoms with van der Waals surface area (Å²) in [4.78, 5) is 13.1. The quantitative estimate of drug-likeness (QED) is 0.705. The van der Waals surface area contributed by atoms with Crippen molar-refractivity contribution in [3.05, 3.63) is 66.7 Å². The maximum Gasteiger partial charge on any atom is 0.252 e. The van der Waals surface area contributed by atoms with E-state index < -0.39 is 5.54 Å². The van der Waals surface area contributed by atoms with Crippen LogP contribution in [0.5, 0.6) is 0 Å². The summed E-state index contributed by atoms with van der Waals surface area (Å²) in [7, 11) is 0. The van der Waals surface area contributed by atoms with Crippen molar-refractivity contribution in [1.29, 1.82) is 0 Å². The highest BCUT2D eigenvalue weighted by Crippen LogP contribution is 2.28. The maximum absolute atomic E-state index is 13.1. The Hall–Kier alpha value is -2.64. The number of hydrogen-bond donors (Lipinski definition) is 2. The van der Waals surface area contributed by atoms with Gasteiger partial charge < -0.3 is 10.6 Å². The molecule has 3 aromatic rings. The molecular formula is C19H23ClN6O. The fraction of sp³-hybridized carbons (Fsp3) is 0.316. The lowest BCUT2D eigenvalue weighted by molar-refractivity contribution is -0.126. The van der Waals surface area contributed by atoms with Gasteiger partial charge in [0.05, 0.1) is 18.4 Å². The van der Waals surface area contributed by atoms with Gasteiger partial charge >= 0.3 is 0 Å². The van der Waals surface area contributed by atoms with E-state index in [2.05, 4.69) is 33.0 Å². The Morgan fingerprint density at radius 1 is 1.15 bits per heavy atom. The molecule has 0 saturated carbocycles. The van der Waals surface area contributed by atoms with Gasteiger partial charge in [-0.1, -0.05) is 30.3 Å². The smallest absolute Gasteiger partial charge is 0.252 e. The van der Waals surface area contributed by atoms with Crippen molar-refractivity contribution in [1.82, 2.24) is 24.9 Å². The molecule has 0 unspecified atom stereocenters. The van der Waals surface area contributed by atoms with Crippen LogP contribution in [0.15, 0.2) is 61.2 Å². The Morgan fingerprint density at radius 2 is 1.93 bits per heavy atom. The molecule has 142 valence electrons. The van der Waals surface area contributed by atoms with Crippen LogP contribution in [-0.2, 0) is 16.9 Å². The van der Waals surface area contributed by atoms with Gasteiger partial charge in [0.25, 0.3) is 5.91 Å². The van der Waals surface area contributed by atoms with Gasteiger partial charge in [0, 0.05) is 18.6 Å². The minimum atomic E-state index is -0.656. The van der Waals surface area contributed by atoms with Crippen LogP contribution in [0, 0.1) is 0 Å². The molecule has 7 nitrogen and oxygen atoms in total. The Morgan fingerprint density at radius 3 is 2.63 bits per heavy atom. The summed E-state index contributed by atoms with van der Waals surface area (Å²) < 4.78 is 3.62. The van der Waals surface area contributed by atoms with Crippen LogP contribution < -0.4 is 10.6 Å². The highest BCUT2D eigenvalue weighted by molar-refractivity contribution is 5.96. The van der Waals surface area contributed by atoms with E-state index in [9.17, 15) is 4.79 Å².